The van der Waals surface area contributed by atoms with Crippen molar-refractivity contribution in [3.63, 3.8) is 0 Å². The Balaban J connectivity index is 2.74. The molecule has 0 unspecified atom stereocenters. The molecule has 0 aliphatic heterocycles. The van der Waals surface area contributed by atoms with E-state index in [0.29, 0.717) is 4.88 Å². The van der Waals surface area contributed by atoms with Crippen molar-refractivity contribution in [2.75, 3.05) is 6.61 Å². The van der Waals surface area contributed by atoms with Crippen molar-refractivity contribution in [1.82, 2.24) is 0 Å². The summed E-state index contributed by atoms with van der Waals surface area (Å²) in [5.74, 6) is 0. The summed E-state index contributed by atoms with van der Waals surface area (Å²) >= 11 is 0.969. The van der Waals surface area contributed by atoms with E-state index in [1.807, 2.05) is 0 Å². The quantitative estimate of drug-likeness (QED) is 0.676. The van der Waals surface area contributed by atoms with Gasteiger partial charge >= 0.3 is 0 Å². The molecule has 1 atom stereocenters. The van der Waals surface area contributed by atoms with Gasteiger partial charge in [-0.1, -0.05) is 0 Å². The Labute approximate surface area is 62.1 Å². The Morgan fingerprint density at radius 1 is 1.70 bits per heavy atom. The Bertz CT molecular complexity index is 213. The normalized spacial score (nSPS) is 13.5. The van der Waals surface area contributed by atoms with Crippen LogP contribution in [-0.2, 0) is 0 Å². The minimum atomic E-state index is -0.436. The summed E-state index contributed by atoms with van der Waals surface area (Å²) in [6.07, 6.45) is 0. The van der Waals surface area contributed by atoms with Crippen LogP contribution in [0.4, 0.5) is 4.39 Å². The monoisotopic (exact) mass is 161 g/mol. The first kappa shape index (κ1) is 7.65. The van der Waals surface area contributed by atoms with Gasteiger partial charge < -0.3 is 10.8 Å². The molecule has 3 N–H and O–H groups in total. The summed E-state index contributed by atoms with van der Waals surface area (Å²) in [6, 6.07) is 2.49. The molecular formula is C6H8FNOS. The fourth-order valence-electron chi connectivity index (χ4n) is 0.618. The standard InChI is InChI=1S/C6H8FNOS/c7-6-2-1-5(10-6)4(8)3-9/h1-2,4,9H,3,8H2/t4-/m0/s1. The molecule has 0 amide bonds. The van der Waals surface area contributed by atoms with Crippen LogP contribution in [0.5, 0.6) is 0 Å². The van der Waals surface area contributed by atoms with Gasteiger partial charge in [-0.15, -0.1) is 11.3 Å². The average molecular weight is 161 g/mol. The van der Waals surface area contributed by atoms with Gasteiger partial charge in [0.25, 0.3) is 0 Å². The van der Waals surface area contributed by atoms with Crippen molar-refractivity contribution in [3.05, 3.63) is 22.1 Å². The Hall–Kier alpha value is -0.450. The van der Waals surface area contributed by atoms with Crippen molar-refractivity contribution in [1.29, 1.82) is 0 Å². The van der Waals surface area contributed by atoms with Crippen LogP contribution in [0, 0.1) is 5.13 Å². The molecule has 1 aromatic heterocycles. The fraction of sp³-hybridized carbons (Fsp3) is 0.333. The molecule has 1 heterocycles. The molecular weight excluding hydrogens is 153 g/mol. The number of halogens is 1. The van der Waals surface area contributed by atoms with Gasteiger partial charge in [0.05, 0.1) is 12.6 Å². The van der Waals surface area contributed by atoms with E-state index in [2.05, 4.69) is 0 Å². The van der Waals surface area contributed by atoms with Crippen LogP contribution in [0.15, 0.2) is 12.1 Å². The van der Waals surface area contributed by atoms with E-state index in [1.54, 1.807) is 6.07 Å². The van der Waals surface area contributed by atoms with E-state index in [0.717, 1.165) is 11.3 Å². The van der Waals surface area contributed by atoms with Gasteiger partial charge in [0.15, 0.2) is 5.13 Å². The minimum absolute atomic E-state index is 0.139. The number of nitrogens with two attached hydrogens (primary N) is 1. The predicted octanol–water partition coefficient (Wildman–Crippen LogP) is 0.879. The first-order chi connectivity index (χ1) is 4.74. The number of aliphatic hydroxyl groups excluding tert-OH is 1. The largest absolute Gasteiger partial charge is 0.394 e. The lowest BCUT2D eigenvalue weighted by atomic mass is 10.3. The summed E-state index contributed by atoms with van der Waals surface area (Å²) in [5.41, 5.74) is 5.40. The summed E-state index contributed by atoms with van der Waals surface area (Å²) in [4.78, 5) is 0.681. The third-order valence-electron chi connectivity index (χ3n) is 1.16. The summed E-state index contributed by atoms with van der Waals surface area (Å²) in [6.45, 7) is -0.139. The second-order valence-corrected chi connectivity index (χ2v) is 3.00. The van der Waals surface area contributed by atoms with Crippen LogP contribution in [0.1, 0.15) is 10.9 Å². The molecule has 10 heavy (non-hydrogen) atoms. The van der Waals surface area contributed by atoms with Crippen molar-refractivity contribution in [3.8, 4) is 0 Å². The lowest BCUT2D eigenvalue weighted by Gasteiger charge is -2.01. The van der Waals surface area contributed by atoms with Crippen LogP contribution < -0.4 is 5.73 Å². The lowest BCUT2D eigenvalue weighted by Crippen LogP contribution is -2.12. The van der Waals surface area contributed by atoms with E-state index >= 15 is 0 Å². The SMILES string of the molecule is N[C@@H](CO)c1ccc(F)s1. The third kappa shape index (κ3) is 1.53. The fourth-order valence-corrected chi connectivity index (χ4v) is 1.34. The van der Waals surface area contributed by atoms with Crippen molar-refractivity contribution in [2.24, 2.45) is 5.73 Å². The van der Waals surface area contributed by atoms with Gasteiger partial charge in [-0.25, -0.2) is 0 Å². The molecule has 0 aliphatic rings. The van der Waals surface area contributed by atoms with Crippen LogP contribution in [0.3, 0.4) is 0 Å². The molecule has 0 fully saturated rings. The Morgan fingerprint density at radius 3 is 2.80 bits per heavy atom. The van der Waals surface area contributed by atoms with Gasteiger partial charge in [0, 0.05) is 4.88 Å². The highest BCUT2D eigenvalue weighted by Crippen LogP contribution is 2.19. The van der Waals surface area contributed by atoms with Crippen LogP contribution in [0.25, 0.3) is 0 Å². The zero-order valence-corrected chi connectivity index (χ0v) is 6.07. The predicted molar refractivity (Wildman–Crippen MR) is 38.3 cm³/mol. The molecule has 0 radical (unpaired) electrons. The van der Waals surface area contributed by atoms with Crippen LogP contribution in [-0.4, -0.2) is 11.7 Å². The van der Waals surface area contributed by atoms with Crippen molar-refractivity contribution in [2.45, 2.75) is 6.04 Å². The topological polar surface area (TPSA) is 46.2 Å². The summed E-state index contributed by atoms with van der Waals surface area (Å²) in [7, 11) is 0. The van der Waals surface area contributed by atoms with E-state index in [1.165, 1.54) is 6.07 Å². The molecule has 0 aliphatic carbocycles. The highest BCUT2D eigenvalue weighted by Gasteiger charge is 2.06. The maximum Gasteiger partial charge on any atom is 0.176 e. The average Bonchev–Trinajstić information content (AvgIpc) is 2.34. The zero-order chi connectivity index (χ0) is 7.56. The lowest BCUT2D eigenvalue weighted by molar-refractivity contribution is 0.269. The number of hydrogen-bond donors (Lipinski definition) is 2. The van der Waals surface area contributed by atoms with Crippen LogP contribution >= 0.6 is 11.3 Å². The molecule has 0 spiro atoms. The third-order valence-corrected chi connectivity index (χ3v) is 2.16. The maximum atomic E-state index is 12.3. The van der Waals surface area contributed by atoms with E-state index in [9.17, 15) is 4.39 Å². The van der Waals surface area contributed by atoms with Crippen LogP contribution in [0.2, 0.25) is 0 Å². The van der Waals surface area contributed by atoms with Crippen molar-refractivity contribution >= 4 is 11.3 Å². The first-order valence-corrected chi connectivity index (χ1v) is 3.67. The molecule has 2 nitrogen and oxygen atoms in total. The molecule has 0 bridgehead atoms. The number of aliphatic hydroxyl groups is 1. The van der Waals surface area contributed by atoms with E-state index in [4.69, 9.17) is 10.8 Å². The Morgan fingerprint density at radius 2 is 2.40 bits per heavy atom. The molecule has 56 valence electrons. The van der Waals surface area contributed by atoms with Gasteiger partial charge in [-0.2, -0.15) is 4.39 Å². The highest BCUT2D eigenvalue weighted by molar-refractivity contribution is 7.10. The van der Waals surface area contributed by atoms with Gasteiger partial charge in [0.2, 0.25) is 0 Å². The smallest absolute Gasteiger partial charge is 0.176 e. The van der Waals surface area contributed by atoms with Crippen molar-refractivity contribution < 1.29 is 9.50 Å². The number of rotatable bonds is 2. The molecule has 1 rings (SSSR count). The second-order valence-electron chi connectivity index (χ2n) is 1.93. The van der Waals surface area contributed by atoms with Gasteiger partial charge in [0.1, 0.15) is 0 Å². The van der Waals surface area contributed by atoms with E-state index in [-0.39, 0.29) is 11.7 Å². The number of hydrogen-bond acceptors (Lipinski definition) is 3. The van der Waals surface area contributed by atoms with Gasteiger partial charge in [-0.05, 0) is 12.1 Å². The number of thiophene rings is 1. The molecule has 1 aromatic rings. The van der Waals surface area contributed by atoms with Gasteiger partial charge in [-0.3, -0.25) is 0 Å². The highest BCUT2D eigenvalue weighted by atomic mass is 32.1. The minimum Gasteiger partial charge on any atom is -0.394 e. The molecule has 0 saturated heterocycles. The first-order valence-electron chi connectivity index (χ1n) is 2.85. The Kier molecular flexibility index (Phi) is 2.37. The van der Waals surface area contributed by atoms with E-state index < -0.39 is 6.04 Å². The molecule has 0 saturated carbocycles. The maximum absolute atomic E-state index is 12.3. The molecule has 4 heteroatoms. The second kappa shape index (κ2) is 3.09. The summed E-state index contributed by atoms with van der Waals surface area (Å²) < 4.78 is 12.3. The zero-order valence-electron chi connectivity index (χ0n) is 5.25. The summed E-state index contributed by atoms with van der Waals surface area (Å²) in [5, 5.41) is 8.29. The molecule has 0 aromatic carbocycles.